The van der Waals surface area contributed by atoms with E-state index in [9.17, 15) is 14.4 Å². The van der Waals surface area contributed by atoms with E-state index in [0.717, 1.165) is 83.5 Å². The highest BCUT2D eigenvalue weighted by atomic mass is 16.6. The van der Waals surface area contributed by atoms with Gasteiger partial charge in [-0.3, -0.25) is 14.4 Å². The van der Waals surface area contributed by atoms with Crippen molar-refractivity contribution >= 4 is 17.9 Å². The highest BCUT2D eigenvalue weighted by Gasteiger charge is 2.19. The smallest absolute Gasteiger partial charge is 0.310 e. The van der Waals surface area contributed by atoms with Gasteiger partial charge in [0.15, 0.2) is 6.10 Å². The molecule has 0 aromatic carbocycles. The Bertz CT molecular complexity index is 1780. The predicted molar refractivity (Wildman–Crippen MR) is 343 cm³/mol. The topological polar surface area (TPSA) is 78.9 Å². The zero-order valence-corrected chi connectivity index (χ0v) is 50.8. The molecule has 0 amide bonds. The van der Waals surface area contributed by atoms with Gasteiger partial charge in [0.05, 0.1) is 12.8 Å². The summed E-state index contributed by atoms with van der Waals surface area (Å²) in [4.78, 5) is 38.1. The van der Waals surface area contributed by atoms with Gasteiger partial charge < -0.3 is 14.2 Å². The third-order valence-corrected chi connectivity index (χ3v) is 13.1. The van der Waals surface area contributed by atoms with E-state index < -0.39 is 18.0 Å². The molecule has 0 saturated carbocycles. The summed E-state index contributed by atoms with van der Waals surface area (Å²) in [5.41, 5.74) is 0. The van der Waals surface area contributed by atoms with Crippen LogP contribution in [-0.4, -0.2) is 37.2 Å². The Balaban J connectivity index is 4.36. The van der Waals surface area contributed by atoms with Gasteiger partial charge in [-0.25, -0.2) is 0 Å². The highest BCUT2D eigenvalue weighted by Crippen LogP contribution is 2.15. The maximum Gasteiger partial charge on any atom is 0.310 e. The lowest BCUT2D eigenvalue weighted by Gasteiger charge is -2.17. The Morgan fingerprint density at radius 3 is 0.886 bits per heavy atom. The van der Waals surface area contributed by atoms with Crippen molar-refractivity contribution in [1.29, 1.82) is 0 Å². The van der Waals surface area contributed by atoms with Crippen LogP contribution >= 0.6 is 0 Å². The van der Waals surface area contributed by atoms with Crippen LogP contribution in [0.4, 0.5) is 0 Å². The van der Waals surface area contributed by atoms with E-state index in [0.29, 0.717) is 19.3 Å². The molecule has 1 unspecified atom stereocenters. The number of carbonyl (C=O) groups excluding carboxylic acids is 3. The number of unbranched alkanes of at least 4 members (excludes halogenated alkanes) is 21. The first-order valence-electron chi connectivity index (χ1n) is 32.0. The minimum Gasteiger partial charge on any atom is -0.462 e. The van der Waals surface area contributed by atoms with E-state index >= 15 is 0 Å². The third-order valence-electron chi connectivity index (χ3n) is 13.1. The first-order chi connectivity index (χ1) is 39.0. The summed E-state index contributed by atoms with van der Waals surface area (Å²) in [7, 11) is 0. The van der Waals surface area contributed by atoms with Gasteiger partial charge >= 0.3 is 17.9 Å². The van der Waals surface area contributed by atoms with Crippen molar-refractivity contribution in [2.24, 2.45) is 0 Å². The molecule has 0 aliphatic carbocycles. The van der Waals surface area contributed by atoms with Crippen LogP contribution in [0, 0.1) is 0 Å². The van der Waals surface area contributed by atoms with Crippen molar-refractivity contribution < 1.29 is 28.6 Å². The van der Waals surface area contributed by atoms with E-state index in [1.54, 1.807) is 12.2 Å². The molecule has 0 spiro atoms. The first-order valence-corrected chi connectivity index (χ1v) is 32.0. The maximum atomic E-state index is 12.8. The minimum atomic E-state index is -0.880. The SMILES string of the molecule is CC/C=C\C/C=C\C/C=C\C/C=C\C/C=C\CC(=O)OCC(COC(=O)CCCCCCCCCCCCCCCCCC/C=C\C/C=C\C/C=C\CCCCCCC)OC(=O)C/C=C\C/C=C\C/C=C\C/C=C\C/C=C\CC. The van der Waals surface area contributed by atoms with Gasteiger partial charge in [0.1, 0.15) is 13.2 Å². The van der Waals surface area contributed by atoms with Gasteiger partial charge in [-0.2, -0.15) is 0 Å². The van der Waals surface area contributed by atoms with Crippen LogP contribution in [0.3, 0.4) is 0 Å². The van der Waals surface area contributed by atoms with Crippen LogP contribution in [0.5, 0.6) is 0 Å². The molecule has 0 aromatic rings. The van der Waals surface area contributed by atoms with E-state index in [1.807, 2.05) is 12.2 Å². The fraction of sp³-hybridized carbons (Fsp3) is 0.603. The molecule has 0 radical (unpaired) electrons. The number of ether oxygens (including phenoxy) is 3. The van der Waals surface area contributed by atoms with Crippen molar-refractivity contribution in [2.45, 2.75) is 271 Å². The molecular formula is C73H116O6. The van der Waals surface area contributed by atoms with Gasteiger partial charge in [0.2, 0.25) is 0 Å². The second kappa shape index (κ2) is 65.5. The van der Waals surface area contributed by atoms with Crippen LogP contribution in [0.15, 0.2) is 158 Å². The Morgan fingerprint density at radius 2 is 0.544 bits per heavy atom. The summed E-state index contributed by atoms with van der Waals surface area (Å²) in [5.74, 6) is -1.22. The average Bonchev–Trinajstić information content (AvgIpc) is 3.45. The minimum absolute atomic E-state index is 0.0715. The number of rotatable bonds is 56. The molecule has 0 heterocycles. The Hall–Kier alpha value is -4.97. The largest absolute Gasteiger partial charge is 0.462 e. The fourth-order valence-corrected chi connectivity index (χ4v) is 8.36. The van der Waals surface area contributed by atoms with Crippen LogP contribution < -0.4 is 0 Å². The van der Waals surface area contributed by atoms with Gasteiger partial charge in [-0.05, 0) is 109 Å². The lowest BCUT2D eigenvalue weighted by molar-refractivity contribution is -0.166. The van der Waals surface area contributed by atoms with Gasteiger partial charge in [-0.15, -0.1) is 0 Å². The van der Waals surface area contributed by atoms with Crippen molar-refractivity contribution in [3.8, 4) is 0 Å². The van der Waals surface area contributed by atoms with E-state index in [4.69, 9.17) is 14.2 Å². The summed E-state index contributed by atoms with van der Waals surface area (Å²) in [6, 6.07) is 0. The van der Waals surface area contributed by atoms with Crippen molar-refractivity contribution in [1.82, 2.24) is 0 Å². The number of hydrogen-bond acceptors (Lipinski definition) is 6. The normalized spacial score (nSPS) is 13.2. The monoisotopic (exact) mass is 1090 g/mol. The van der Waals surface area contributed by atoms with Gasteiger partial charge in [0.25, 0.3) is 0 Å². The maximum absolute atomic E-state index is 12.8. The molecular weight excluding hydrogens is 973 g/mol. The molecule has 0 aromatic heterocycles. The predicted octanol–water partition coefficient (Wildman–Crippen LogP) is 22.1. The zero-order valence-electron chi connectivity index (χ0n) is 50.8. The lowest BCUT2D eigenvalue weighted by atomic mass is 10.0. The summed E-state index contributed by atoms with van der Waals surface area (Å²) in [6.07, 6.45) is 96.1. The lowest BCUT2D eigenvalue weighted by Crippen LogP contribution is -2.30. The third kappa shape index (κ3) is 63.7. The number of allylic oxidation sites excluding steroid dienone is 24. The Labute approximate surface area is 486 Å². The second-order valence-electron chi connectivity index (χ2n) is 20.6. The quantitative estimate of drug-likeness (QED) is 0.0261. The summed E-state index contributed by atoms with van der Waals surface area (Å²) in [5, 5.41) is 0. The zero-order chi connectivity index (χ0) is 57.1. The summed E-state index contributed by atoms with van der Waals surface area (Å²) < 4.78 is 16.7. The Morgan fingerprint density at radius 1 is 0.278 bits per heavy atom. The van der Waals surface area contributed by atoms with Crippen LogP contribution in [-0.2, 0) is 28.6 Å². The molecule has 0 saturated heterocycles. The van der Waals surface area contributed by atoms with E-state index in [1.165, 1.54) is 128 Å². The standard InChI is InChI=1S/C73H116O6/c1-4-7-10-13-16-19-22-25-28-29-30-31-32-33-34-35-36-37-38-39-40-41-42-43-46-48-51-54-57-60-63-66-72(75)78-69-70(79-73(76)67-64-61-58-55-52-49-45-27-24-21-18-15-12-9-6-3)68-77-71(74)65-62-59-56-53-50-47-44-26-23-20-17-14-11-8-5-2/h8-9,11-12,17-18,20-22,25-27,29-30,32-33,44-45,50,52-53,55,59,61-62,64,70H,4-7,10,13-16,19,23-24,28,31,34-43,46-49,51,54,56-58,60,63,65-69H2,1-3H3/b11-8-,12-9-,20-17-,21-18-,25-22-,30-29-,33-32-,44-26-,45-27-,53-50-,55-52-,62-59-,64-61-. The number of hydrogen-bond donors (Lipinski definition) is 0. The number of carbonyl (C=O) groups is 3. The first kappa shape index (κ1) is 74.0. The molecule has 6 heteroatoms. The average molecular weight is 1090 g/mol. The molecule has 0 fully saturated rings. The molecule has 0 N–H and O–H groups in total. The molecule has 1 atom stereocenters. The molecule has 0 rings (SSSR count). The van der Waals surface area contributed by atoms with Crippen LogP contribution in [0.25, 0.3) is 0 Å². The van der Waals surface area contributed by atoms with Crippen molar-refractivity contribution in [3.05, 3.63) is 158 Å². The number of esters is 3. The van der Waals surface area contributed by atoms with Crippen LogP contribution in [0.1, 0.15) is 265 Å². The van der Waals surface area contributed by atoms with Crippen LogP contribution in [0.2, 0.25) is 0 Å². The molecule has 79 heavy (non-hydrogen) atoms. The molecule has 0 bridgehead atoms. The van der Waals surface area contributed by atoms with Crippen molar-refractivity contribution in [3.63, 3.8) is 0 Å². The van der Waals surface area contributed by atoms with E-state index in [2.05, 4.69) is 154 Å². The fourth-order valence-electron chi connectivity index (χ4n) is 8.36. The molecule has 444 valence electrons. The van der Waals surface area contributed by atoms with Crippen molar-refractivity contribution in [2.75, 3.05) is 13.2 Å². The van der Waals surface area contributed by atoms with E-state index in [-0.39, 0.29) is 32.0 Å². The summed E-state index contributed by atoms with van der Waals surface area (Å²) in [6.45, 7) is 6.22. The molecule has 0 aliphatic heterocycles. The molecule has 0 aliphatic rings. The second-order valence-corrected chi connectivity index (χ2v) is 20.6. The highest BCUT2D eigenvalue weighted by molar-refractivity contribution is 5.72. The summed E-state index contributed by atoms with van der Waals surface area (Å²) >= 11 is 0. The van der Waals surface area contributed by atoms with Gasteiger partial charge in [-0.1, -0.05) is 294 Å². The molecule has 6 nitrogen and oxygen atoms in total. The van der Waals surface area contributed by atoms with Gasteiger partial charge in [0, 0.05) is 6.42 Å². The Kier molecular flexibility index (Phi) is 61.4.